The Kier molecular flexibility index (Phi) is 5.33. The Labute approximate surface area is 183 Å². The number of hydrogen-bond acceptors (Lipinski definition) is 7. The second kappa shape index (κ2) is 8.12. The number of halogens is 1. The largest absolute Gasteiger partial charge is 0.454 e. The highest BCUT2D eigenvalue weighted by Gasteiger charge is 2.31. The molecule has 0 amide bonds. The quantitative estimate of drug-likeness (QED) is 0.354. The zero-order valence-electron chi connectivity index (χ0n) is 17.7. The summed E-state index contributed by atoms with van der Waals surface area (Å²) in [6.07, 6.45) is 0. The lowest BCUT2D eigenvalue weighted by Crippen LogP contribution is -2.28. The van der Waals surface area contributed by atoms with Crippen LogP contribution in [0, 0.1) is 24.1 Å². The second-order valence-corrected chi connectivity index (χ2v) is 7.37. The summed E-state index contributed by atoms with van der Waals surface area (Å²) in [7, 11) is 3.53. The SMILES string of the molecule is Cc1nc2cc(F)ccc2cc1C(=O)OCC(=O)C(C#N)=C1N(C)c2ccccc2N1C. The summed E-state index contributed by atoms with van der Waals surface area (Å²) in [6, 6.07) is 15.1. The molecule has 0 atom stereocenters. The van der Waals surface area contributed by atoms with E-state index in [1.165, 1.54) is 18.2 Å². The summed E-state index contributed by atoms with van der Waals surface area (Å²) in [4.78, 5) is 33.2. The van der Waals surface area contributed by atoms with Crippen LogP contribution in [0.1, 0.15) is 16.1 Å². The van der Waals surface area contributed by atoms with E-state index in [0.717, 1.165) is 11.4 Å². The van der Waals surface area contributed by atoms with Crippen molar-refractivity contribution in [1.82, 2.24) is 4.98 Å². The number of nitriles is 1. The number of aromatic nitrogens is 1. The van der Waals surface area contributed by atoms with Crippen molar-refractivity contribution in [2.24, 2.45) is 0 Å². The van der Waals surface area contributed by atoms with Crippen LogP contribution in [0.25, 0.3) is 10.9 Å². The van der Waals surface area contributed by atoms with Crippen molar-refractivity contribution in [2.75, 3.05) is 30.5 Å². The molecule has 0 saturated carbocycles. The minimum absolute atomic E-state index is 0.108. The number of carbonyl (C=O) groups is 2. The van der Waals surface area contributed by atoms with E-state index in [1.54, 1.807) is 36.9 Å². The molecule has 160 valence electrons. The van der Waals surface area contributed by atoms with E-state index < -0.39 is 24.2 Å². The third-order valence-electron chi connectivity index (χ3n) is 5.38. The van der Waals surface area contributed by atoms with Gasteiger partial charge in [0.15, 0.2) is 6.61 Å². The minimum Gasteiger partial charge on any atom is -0.454 e. The molecular formula is C24H19FN4O3. The third-order valence-corrected chi connectivity index (χ3v) is 5.38. The Balaban J connectivity index is 1.56. The fourth-order valence-corrected chi connectivity index (χ4v) is 3.78. The number of rotatable bonds is 4. The lowest BCUT2D eigenvalue weighted by atomic mass is 10.1. The van der Waals surface area contributed by atoms with Gasteiger partial charge in [0.05, 0.1) is 28.1 Å². The molecule has 0 N–H and O–H groups in total. The number of aryl methyl sites for hydroxylation is 1. The smallest absolute Gasteiger partial charge is 0.340 e. The van der Waals surface area contributed by atoms with Crippen molar-refractivity contribution >= 4 is 34.0 Å². The molecule has 8 heteroatoms. The van der Waals surface area contributed by atoms with Gasteiger partial charge in [-0.1, -0.05) is 12.1 Å². The van der Waals surface area contributed by atoms with Gasteiger partial charge in [-0.2, -0.15) is 5.26 Å². The molecule has 0 unspecified atom stereocenters. The average Bonchev–Trinajstić information content (AvgIpc) is 3.03. The lowest BCUT2D eigenvalue weighted by molar-refractivity contribution is -0.118. The standard InChI is InChI=1S/C24H19FN4O3/c1-14-17(10-15-8-9-16(25)11-19(15)27-14)24(31)32-13-22(30)18(12-26)23-28(2)20-6-4-5-7-21(20)29(23)3/h4-11H,13H2,1-3H3. The first-order chi connectivity index (χ1) is 15.3. The number of carbonyl (C=O) groups excluding carboxylic acids is 2. The summed E-state index contributed by atoms with van der Waals surface area (Å²) in [5.41, 5.74) is 2.55. The third kappa shape index (κ3) is 3.54. The van der Waals surface area contributed by atoms with Crippen molar-refractivity contribution in [3.63, 3.8) is 0 Å². The maximum Gasteiger partial charge on any atom is 0.340 e. The Morgan fingerprint density at radius 3 is 2.38 bits per heavy atom. The van der Waals surface area contributed by atoms with Crippen molar-refractivity contribution in [1.29, 1.82) is 5.26 Å². The van der Waals surface area contributed by atoms with Gasteiger partial charge in [-0.3, -0.25) is 9.78 Å². The molecule has 0 saturated heterocycles. The number of nitrogens with zero attached hydrogens (tertiary/aromatic N) is 4. The van der Waals surface area contributed by atoms with Crippen LogP contribution in [0.5, 0.6) is 0 Å². The summed E-state index contributed by atoms with van der Waals surface area (Å²) < 4.78 is 18.6. The van der Waals surface area contributed by atoms with Crippen LogP contribution in [0.15, 0.2) is 59.9 Å². The lowest BCUT2D eigenvalue weighted by Gasteiger charge is -2.19. The Bertz CT molecular complexity index is 1310. The topological polar surface area (TPSA) is 86.5 Å². The van der Waals surface area contributed by atoms with E-state index in [2.05, 4.69) is 4.98 Å². The van der Waals surface area contributed by atoms with Gasteiger partial charge in [0.1, 0.15) is 23.3 Å². The normalized spacial score (nSPS) is 12.5. The number of anilines is 2. The van der Waals surface area contributed by atoms with Gasteiger partial charge in [0, 0.05) is 25.5 Å². The highest BCUT2D eigenvalue weighted by atomic mass is 19.1. The van der Waals surface area contributed by atoms with Gasteiger partial charge in [-0.15, -0.1) is 0 Å². The van der Waals surface area contributed by atoms with E-state index in [4.69, 9.17) is 4.74 Å². The zero-order valence-corrected chi connectivity index (χ0v) is 17.7. The molecule has 4 rings (SSSR count). The van der Waals surface area contributed by atoms with E-state index >= 15 is 0 Å². The van der Waals surface area contributed by atoms with Gasteiger partial charge >= 0.3 is 5.97 Å². The minimum atomic E-state index is -0.742. The number of benzene rings is 2. The zero-order chi connectivity index (χ0) is 23.0. The Hall–Kier alpha value is -4.25. The molecule has 32 heavy (non-hydrogen) atoms. The number of ether oxygens (including phenoxy) is 1. The van der Waals surface area contributed by atoms with Gasteiger partial charge in [-0.05, 0) is 37.3 Å². The molecule has 0 aliphatic carbocycles. The maximum absolute atomic E-state index is 13.4. The predicted octanol–water partition coefficient (Wildman–Crippen LogP) is 3.73. The monoisotopic (exact) mass is 430 g/mol. The van der Waals surface area contributed by atoms with E-state index in [-0.39, 0.29) is 11.1 Å². The summed E-state index contributed by atoms with van der Waals surface area (Å²) in [5.74, 6) is -1.36. The summed E-state index contributed by atoms with van der Waals surface area (Å²) in [6.45, 7) is 1.01. The molecule has 7 nitrogen and oxygen atoms in total. The van der Waals surface area contributed by atoms with E-state index in [0.29, 0.717) is 22.4 Å². The van der Waals surface area contributed by atoms with Crippen molar-refractivity contribution < 1.29 is 18.7 Å². The predicted molar refractivity (Wildman–Crippen MR) is 118 cm³/mol. The molecule has 3 aromatic rings. The van der Waals surface area contributed by atoms with Gasteiger partial charge in [-0.25, -0.2) is 9.18 Å². The van der Waals surface area contributed by atoms with Gasteiger partial charge in [0.25, 0.3) is 0 Å². The fourth-order valence-electron chi connectivity index (χ4n) is 3.78. The molecule has 0 fully saturated rings. The molecule has 1 aliphatic rings. The molecule has 0 spiro atoms. The molecule has 1 aliphatic heterocycles. The highest BCUT2D eigenvalue weighted by Crippen LogP contribution is 2.40. The number of Topliss-reactive ketones (excluding diaryl/α,β-unsaturated/α-hetero) is 1. The molecule has 0 bridgehead atoms. The van der Waals surface area contributed by atoms with Crippen LogP contribution in [-0.2, 0) is 9.53 Å². The van der Waals surface area contributed by atoms with Crippen molar-refractivity contribution in [2.45, 2.75) is 6.92 Å². The first kappa shape index (κ1) is 21.0. The molecule has 1 aromatic heterocycles. The molecular weight excluding hydrogens is 411 g/mol. The Morgan fingerprint density at radius 1 is 1.09 bits per heavy atom. The number of para-hydroxylation sites is 2. The van der Waals surface area contributed by atoms with Crippen LogP contribution in [0.2, 0.25) is 0 Å². The highest BCUT2D eigenvalue weighted by molar-refractivity contribution is 6.05. The number of pyridine rings is 1. The summed E-state index contributed by atoms with van der Waals surface area (Å²) >= 11 is 0. The van der Waals surface area contributed by atoms with Gasteiger partial charge < -0.3 is 14.5 Å². The molecule has 2 aromatic carbocycles. The average molecular weight is 430 g/mol. The number of fused-ring (bicyclic) bond motifs is 2. The number of esters is 1. The van der Waals surface area contributed by atoms with Crippen LogP contribution in [0.4, 0.5) is 15.8 Å². The number of ketones is 1. The fraction of sp³-hybridized carbons (Fsp3) is 0.167. The van der Waals surface area contributed by atoms with E-state index in [1.807, 2.05) is 30.3 Å². The van der Waals surface area contributed by atoms with E-state index in [9.17, 15) is 19.2 Å². The summed E-state index contributed by atoms with van der Waals surface area (Å²) in [5, 5.41) is 10.2. The molecule has 0 radical (unpaired) electrons. The van der Waals surface area contributed by atoms with Crippen LogP contribution in [0.3, 0.4) is 0 Å². The Morgan fingerprint density at radius 2 is 1.75 bits per heavy atom. The first-order valence-electron chi connectivity index (χ1n) is 9.80. The molecule has 2 heterocycles. The first-order valence-corrected chi connectivity index (χ1v) is 9.80. The number of hydrogen-bond donors (Lipinski definition) is 0. The van der Waals surface area contributed by atoms with Crippen molar-refractivity contribution in [3.05, 3.63) is 77.0 Å². The van der Waals surface area contributed by atoms with Crippen LogP contribution in [-0.4, -0.2) is 37.4 Å². The van der Waals surface area contributed by atoms with Crippen LogP contribution >= 0.6 is 0 Å². The van der Waals surface area contributed by atoms with Gasteiger partial charge in [0.2, 0.25) is 5.78 Å². The van der Waals surface area contributed by atoms with Crippen molar-refractivity contribution in [3.8, 4) is 6.07 Å². The maximum atomic E-state index is 13.4. The van der Waals surface area contributed by atoms with Crippen LogP contribution < -0.4 is 9.80 Å². The second-order valence-electron chi connectivity index (χ2n) is 7.37.